The summed E-state index contributed by atoms with van der Waals surface area (Å²) < 4.78 is 7.86. The molecule has 0 fully saturated rings. The molecule has 7 heteroatoms. The van der Waals surface area contributed by atoms with Crippen molar-refractivity contribution in [2.24, 2.45) is 0 Å². The van der Waals surface area contributed by atoms with Gasteiger partial charge in [-0.05, 0) is 48.9 Å². The maximum absolute atomic E-state index is 12.9. The fraction of sp³-hybridized carbons (Fsp3) is 0.0870. The lowest BCUT2D eigenvalue weighted by molar-refractivity contribution is 0.101. The number of ether oxygens (including phenoxy) is 1. The highest BCUT2D eigenvalue weighted by molar-refractivity contribution is 9.10. The Morgan fingerprint density at radius 2 is 1.80 bits per heavy atom. The fourth-order valence-corrected chi connectivity index (χ4v) is 3.29. The monoisotopic (exact) mass is 462 g/mol. The molecule has 4 aromatic rings. The van der Waals surface area contributed by atoms with E-state index in [1.165, 1.54) is 0 Å². The Hall–Kier alpha value is -3.45. The summed E-state index contributed by atoms with van der Waals surface area (Å²) in [5.41, 5.74) is 3.39. The number of aryl methyl sites for hydroxylation is 1. The van der Waals surface area contributed by atoms with Crippen LogP contribution in [0.5, 0.6) is 5.75 Å². The fourth-order valence-electron chi connectivity index (χ4n) is 3.02. The normalized spacial score (nSPS) is 10.6. The van der Waals surface area contributed by atoms with Crippen molar-refractivity contribution in [3.8, 4) is 22.8 Å². The Bertz CT molecular complexity index is 1200. The van der Waals surface area contributed by atoms with Crippen LogP contribution in [0.25, 0.3) is 17.1 Å². The van der Waals surface area contributed by atoms with Gasteiger partial charge < -0.3 is 10.1 Å². The van der Waals surface area contributed by atoms with Crippen LogP contribution in [0.1, 0.15) is 16.2 Å². The predicted molar refractivity (Wildman–Crippen MR) is 120 cm³/mol. The summed E-state index contributed by atoms with van der Waals surface area (Å²) in [6.45, 7) is 2.01. The van der Waals surface area contributed by atoms with Gasteiger partial charge in [-0.25, -0.2) is 9.67 Å². The lowest BCUT2D eigenvalue weighted by atomic mass is 10.2. The van der Waals surface area contributed by atoms with Crippen molar-refractivity contribution in [3.63, 3.8) is 0 Å². The second-order valence-electron chi connectivity index (χ2n) is 6.70. The van der Waals surface area contributed by atoms with Gasteiger partial charge in [0.15, 0.2) is 5.82 Å². The van der Waals surface area contributed by atoms with Crippen LogP contribution < -0.4 is 10.1 Å². The van der Waals surface area contributed by atoms with Crippen molar-refractivity contribution >= 4 is 27.5 Å². The Morgan fingerprint density at radius 3 is 2.53 bits per heavy atom. The number of nitrogens with zero attached hydrogens (tertiary/aromatic N) is 3. The van der Waals surface area contributed by atoms with Crippen molar-refractivity contribution in [2.75, 3.05) is 12.4 Å². The molecule has 0 radical (unpaired) electrons. The minimum atomic E-state index is -0.395. The van der Waals surface area contributed by atoms with E-state index in [9.17, 15) is 4.79 Å². The highest BCUT2D eigenvalue weighted by atomic mass is 79.9. The molecule has 1 N–H and O–H groups in total. The van der Waals surface area contributed by atoms with Crippen LogP contribution in [0.4, 0.5) is 5.69 Å². The lowest BCUT2D eigenvalue weighted by Gasteiger charge is -2.07. The van der Waals surface area contributed by atoms with E-state index in [-0.39, 0.29) is 5.82 Å². The quantitative estimate of drug-likeness (QED) is 0.438. The Kier molecular flexibility index (Phi) is 5.63. The predicted octanol–water partition coefficient (Wildman–Crippen LogP) is 5.27. The van der Waals surface area contributed by atoms with E-state index in [2.05, 4.69) is 31.3 Å². The number of benzene rings is 3. The van der Waals surface area contributed by atoms with Crippen LogP contribution in [-0.2, 0) is 0 Å². The number of rotatable bonds is 5. The summed E-state index contributed by atoms with van der Waals surface area (Å²) >= 11 is 3.45. The molecule has 150 valence electrons. The smallest absolute Gasteiger partial charge is 0.295 e. The van der Waals surface area contributed by atoms with E-state index in [1.807, 2.05) is 61.5 Å². The first-order valence-corrected chi connectivity index (χ1v) is 10.1. The second-order valence-corrected chi connectivity index (χ2v) is 7.62. The van der Waals surface area contributed by atoms with E-state index in [4.69, 9.17) is 4.74 Å². The first-order chi connectivity index (χ1) is 14.5. The number of aromatic nitrogens is 3. The zero-order valence-electron chi connectivity index (χ0n) is 16.5. The molecule has 4 rings (SSSR count). The van der Waals surface area contributed by atoms with E-state index >= 15 is 0 Å². The maximum atomic E-state index is 12.9. The zero-order valence-corrected chi connectivity index (χ0v) is 18.1. The van der Waals surface area contributed by atoms with E-state index in [0.29, 0.717) is 17.3 Å². The summed E-state index contributed by atoms with van der Waals surface area (Å²) in [6.07, 6.45) is 0. The van der Waals surface area contributed by atoms with Gasteiger partial charge in [-0.1, -0.05) is 46.3 Å². The third-order valence-corrected chi connectivity index (χ3v) is 5.02. The molecule has 0 atom stereocenters. The van der Waals surface area contributed by atoms with Gasteiger partial charge in [0.2, 0.25) is 5.82 Å². The van der Waals surface area contributed by atoms with E-state index in [0.717, 1.165) is 21.3 Å². The van der Waals surface area contributed by atoms with Gasteiger partial charge in [-0.2, -0.15) is 0 Å². The average Bonchev–Trinajstić information content (AvgIpc) is 3.20. The van der Waals surface area contributed by atoms with Crippen LogP contribution in [0, 0.1) is 6.92 Å². The number of carbonyl (C=O) groups excluding carboxylic acids is 1. The molecule has 3 aromatic carbocycles. The summed E-state index contributed by atoms with van der Waals surface area (Å²) in [7, 11) is 1.58. The highest BCUT2D eigenvalue weighted by Crippen LogP contribution is 2.24. The minimum Gasteiger partial charge on any atom is -0.497 e. The third-order valence-electron chi connectivity index (χ3n) is 4.49. The van der Waals surface area contributed by atoms with Gasteiger partial charge in [0.25, 0.3) is 5.91 Å². The number of halogens is 1. The topological polar surface area (TPSA) is 69.0 Å². The largest absolute Gasteiger partial charge is 0.497 e. The van der Waals surface area contributed by atoms with E-state index in [1.54, 1.807) is 30.0 Å². The first kappa shape index (κ1) is 19.8. The molecule has 0 saturated carbocycles. The van der Waals surface area contributed by atoms with Crippen LogP contribution in [0.2, 0.25) is 0 Å². The Labute approximate surface area is 182 Å². The number of anilines is 1. The van der Waals surface area contributed by atoms with Crippen LogP contribution in [-0.4, -0.2) is 27.8 Å². The molecule has 0 unspecified atom stereocenters. The molecular formula is C23H19BrN4O2. The molecule has 0 aliphatic rings. The molecule has 0 aliphatic carbocycles. The average molecular weight is 463 g/mol. The van der Waals surface area contributed by atoms with Crippen molar-refractivity contribution in [1.82, 2.24) is 14.8 Å². The van der Waals surface area contributed by atoms with Crippen LogP contribution in [0.15, 0.2) is 77.3 Å². The molecule has 0 bridgehead atoms. The van der Waals surface area contributed by atoms with E-state index < -0.39 is 5.91 Å². The first-order valence-electron chi connectivity index (χ1n) is 9.29. The van der Waals surface area contributed by atoms with Gasteiger partial charge in [0.1, 0.15) is 5.75 Å². The molecule has 1 heterocycles. The van der Waals surface area contributed by atoms with Crippen molar-refractivity contribution < 1.29 is 9.53 Å². The zero-order chi connectivity index (χ0) is 21.1. The van der Waals surface area contributed by atoms with Gasteiger partial charge >= 0.3 is 0 Å². The van der Waals surface area contributed by atoms with Gasteiger partial charge in [0, 0.05) is 21.8 Å². The molecule has 1 aromatic heterocycles. The molecule has 1 amide bonds. The lowest BCUT2D eigenvalue weighted by Crippen LogP contribution is -2.14. The number of amides is 1. The summed E-state index contributed by atoms with van der Waals surface area (Å²) in [5, 5.41) is 7.34. The molecule has 6 nitrogen and oxygen atoms in total. The van der Waals surface area contributed by atoms with Crippen molar-refractivity contribution in [1.29, 1.82) is 0 Å². The van der Waals surface area contributed by atoms with Crippen LogP contribution >= 0.6 is 15.9 Å². The van der Waals surface area contributed by atoms with Crippen molar-refractivity contribution in [3.05, 3.63) is 88.7 Å². The van der Waals surface area contributed by atoms with Crippen LogP contribution in [0.3, 0.4) is 0 Å². The minimum absolute atomic E-state index is 0.0808. The number of hydrogen-bond donors (Lipinski definition) is 1. The maximum Gasteiger partial charge on any atom is 0.295 e. The Morgan fingerprint density at radius 1 is 1.03 bits per heavy atom. The Balaban J connectivity index is 1.74. The number of carbonyl (C=O) groups is 1. The molecular weight excluding hydrogens is 444 g/mol. The van der Waals surface area contributed by atoms with Crippen molar-refractivity contribution in [2.45, 2.75) is 6.92 Å². The molecule has 0 saturated heterocycles. The molecule has 30 heavy (non-hydrogen) atoms. The molecule has 0 aliphatic heterocycles. The van der Waals surface area contributed by atoms with Gasteiger partial charge in [-0.15, -0.1) is 5.10 Å². The highest BCUT2D eigenvalue weighted by Gasteiger charge is 2.19. The van der Waals surface area contributed by atoms with Gasteiger partial charge in [-0.3, -0.25) is 4.79 Å². The number of nitrogens with one attached hydrogen (secondary N) is 1. The standard InChI is InChI=1S/C23H19BrN4O2/c1-15-5-3-7-19(13-15)28-22(16-9-11-17(24)12-10-16)26-21(27-28)23(29)25-18-6-4-8-20(14-18)30-2/h3-14H,1-2H3,(H,25,29). The SMILES string of the molecule is COc1cccc(NC(=O)c2nc(-c3ccc(Br)cc3)n(-c3cccc(C)c3)n2)c1. The second kappa shape index (κ2) is 8.51. The molecule has 0 spiro atoms. The summed E-state index contributed by atoms with van der Waals surface area (Å²) in [4.78, 5) is 17.4. The van der Waals surface area contributed by atoms with Gasteiger partial charge in [0.05, 0.1) is 12.8 Å². The third kappa shape index (κ3) is 4.26. The number of methoxy groups -OCH3 is 1. The summed E-state index contributed by atoms with van der Waals surface area (Å²) in [5.74, 6) is 0.927. The summed E-state index contributed by atoms with van der Waals surface area (Å²) in [6, 6.07) is 22.8. The number of hydrogen-bond acceptors (Lipinski definition) is 4.